The van der Waals surface area contributed by atoms with Gasteiger partial charge in [0.2, 0.25) is 0 Å². The maximum atomic E-state index is 11.2. The topological polar surface area (TPSA) is 95.9 Å². The summed E-state index contributed by atoms with van der Waals surface area (Å²) in [5.41, 5.74) is 5.33. The highest BCUT2D eigenvalue weighted by molar-refractivity contribution is 7.98. The van der Waals surface area contributed by atoms with Crippen molar-refractivity contribution in [2.24, 2.45) is 10.7 Å². The van der Waals surface area contributed by atoms with Gasteiger partial charge in [0.05, 0.1) is 12.8 Å². The van der Waals surface area contributed by atoms with Gasteiger partial charge in [-0.05, 0) is 31.2 Å². The molecule has 2 heterocycles. The van der Waals surface area contributed by atoms with Crippen LogP contribution in [0.4, 0.5) is 4.79 Å². The van der Waals surface area contributed by atoms with Gasteiger partial charge in [-0.25, -0.2) is 4.79 Å². The molecule has 0 atom stereocenters. The van der Waals surface area contributed by atoms with E-state index in [2.05, 4.69) is 21.9 Å². The third-order valence-electron chi connectivity index (χ3n) is 3.96. The summed E-state index contributed by atoms with van der Waals surface area (Å²) in [4.78, 5) is 17.5. The van der Waals surface area contributed by atoms with Gasteiger partial charge in [0, 0.05) is 37.8 Å². The van der Waals surface area contributed by atoms with Crippen molar-refractivity contribution in [2.45, 2.75) is 25.3 Å². The Kier molecular flexibility index (Phi) is 7.81. The van der Waals surface area contributed by atoms with Gasteiger partial charge in [-0.1, -0.05) is 0 Å². The number of hydrogen-bond donors (Lipinski definition) is 3. The van der Waals surface area contributed by atoms with Crippen LogP contribution in [0.1, 0.15) is 18.6 Å². The molecular formula is C16H27N5O2S. The highest BCUT2D eigenvalue weighted by Gasteiger charge is 2.21. The fourth-order valence-corrected chi connectivity index (χ4v) is 2.87. The Labute approximate surface area is 147 Å². The van der Waals surface area contributed by atoms with E-state index in [0.717, 1.165) is 49.8 Å². The number of guanidine groups is 1. The van der Waals surface area contributed by atoms with Gasteiger partial charge in [-0.15, -0.1) is 0 Å². The second-order valence-electron chi connectivity index (χ2n) is 5.72. The molecule has 0 unspecified atom stereocenters. The molecule has 2 amide bonds. The van der Waals surface area contributed by atoms with E-state index in [0.29, 0.717) is 19.1 Å². The maximum Gasteiger partial charge on any atom is 0.314 e. The molecule has 0 aromatic carbocycles. The van der Waals surface area contributed by atoms with Crippen molar-refractivity contribution in [3.05, 3.63) is 24.2 Å². The van der Waals surface area contributed by atoms with Crippen LogP contribution in [0.2, 0.25) is 0 Å². The summed E-state index contributed by atoms with van der Waals surface area (Å²) in [7, 11) is 0. The minimum Gasteiger partial charge on any atom is -0.469 e. The third kappa shape index (κ3) is 6.35. The zero-order chi connectivity index (χ0) is 17.2. The molecule has 0 bridgehead atoms. The van der Waals surface area contributed by atoms with Crippen LogP contribution in [-0.2, 0) is 6.42 Å². The Morgan fingerprint density at radius 2 is 2.29 bits per heavy atom. The highest BCUT2D eigenvalue weighted by atomic mass is 32.2. The highest BCUT2D eigenvalue weighted by Crippen LogP contribution is 2.09. The number of nitrogens with two attached hydrogens (primary N) is 1. The lowest BCUT2D eigenvalue weighted by Gasteiger charge is -2.32. The van der Waals surface area contributed by atoms with Crippen LogP contribution < -0.4 is 16.4 Å². The number of thioether (sulfide) groups is 1. The maximum absolute atomic E-state index is 11.2. The predicted octanol–water partition coefficient (Wildman–Crippen LogP) is 1.26. The van der Waals surface area contributed by atoms with E-state index in [4.69, 9.17) is 10.2 Å². The van der Waals surface area contributed by atoms with Crippen molar-refractivity contribution in [1.29, 1.82) is 0 Å². The minimum absolute atomic E-state index is 0.310. The normalized spacial score (nSPS) is 16.2. The number of hydrogen-bond acceptors (Lipinski definition) is 4. The van der Waals surface area contributed by atoms with Crippen LogP contribution in [0.15, 0.2) is 27.8 Å². The molecule has 1 saturated heterocycles. The van der Waals surface area contributed by atoms with Crippen molar-refractivity contribution in [3.63, 3.8) is 0 Å². The number of nitrogens with one attached hydrogen (secondary N) is 2. The van der Waals surface area contributed by atoms with Gasteiger partial charge in [0.1, 0.15) is 5.76 Å². The Morgan fingerprint density at radius 3 is 2.92 bits per heavy atom. The third-order valence-corrected chi connectivity index (χ3v) is 4.55. The number of rotatable bonds is 7. The molecule has 8 heteroatoms. The molecule has 0 saturated carbocycles. The SMILES string of the molecule is CSCCN=C(NCCc1ccco1)NC1CCN(C(N)=O)CC1. The average Bonchev–Trinajstić information content (AvgIpc) is 3.09. The van der Waals surface area contributed by atoms with E-state index in [9.17, 15) is 4.79 Å². The number of nitrogens with zero attached hydrogens (tertiary/aromatic N) is 2. The van der Waals surface area contributed by atoms with E-state index in [1.54, 1.807) is 22.9 Å². The molecule has 24 heavy (non-hydrogen) atoms. The van der Waals surface area contributed by atoms with E-state index in [1.165, 1.54) is 0 Å². The van der Waals surface area contributed by atoms with E-state index in [1.807, 2.05) is 12.1 Å². The number of aliphatic imine (C=N–C) groups is 1. The lowest BCUT2D eigenvalue weighted by atomic mass is 10.1. The van der Waals surface area contributed by atoms with E-state index in [-0.39, 0.29) is 6.03 Å². The lowest BCUT2D eigenvalue weighted by molar-refractivity contribution is 0.188. The molecule has 0 aliphatic carbocycles. The zero-order valence-corrected chi connectivity index (χ0v) is 15.0. The number of carbonyl (C=O) groups excluding carboxylic acids is 1. The van der Waals surface area contributed by atoms with Crippen LogP contribution in [0, 0.1) is 0 Å². The Morgan fingerprint density at radius 1 is 1.50 bits per heavy atom. The smallest absolute Gasteiger partial charge is 0.314 e. The molecule has 0 spiro atoms. The molecule has 7 nitrogen and oxygen atoms in total. The standard InChI is InChI=1S/C16H27N5O2S/c1-24-12-8-19-16(18-7-4-14-3-2-11-23-14)20-13-5-9-21(10-6-13)15(17)22/h2-3,11,13H,4-10,12H2,1H3,(H2,17,22)(H2,18,19,20). The number of primary amides is 1. The quantitative estimate of drug-likeness (QED) is 0.390. The molecule has 134 valence electrons. The fourth-order valence-electron chi connectivity index (χ4n) is 2.60. The molecule has 0 radical (unpaired) electrons. The summed E-state index contributed by atoms with van der Waals surface area (Å²) in [6, 6.07) is 3.84. The molecule has 1 aromatic rings. The molecule has 1 fully saturated rings. The first-order chi connectivity index (χ1) is 11.7. The first kappa shape index (κ1) is 18.5. The van der Waals surface area contributed by atoms with Gasteiger partial charge in [-0.2, -0.15) is 11.8 Å². The first-order valence-corrected chi connectivity index (χ1v) is 9.69. The first-order valence-electron chi connectivity index (χ1n) is 8.29. The number of likely N-dealkylation sites (tertiary alicyclic amines) is 1. The van der Waals surface area contributed by atoms with Gasteiger partial charge < -0.3 is 25.7 Å². The number of furan rings is 1. The van der Waals surface area contributed by atoms with E-state index < -0.39 is 0 Å². The van der Waals surface area contributed by atoms with Gasteiger partial charge in [-0.3, -0.25) is 4.99 Å². The number of piperidine rings is 1. The zero-order valence-electron chi connectivity index (χ0n) is 14.2. The largest absolute Gasteiger partial charge is 0.469 e. The average molecular weight is 353 g/mol. The van der Waals surface area contributed by atoms with Crippen LogP contribution in [0.25, 0.3) is 0 Å². The number of amides is 2. The predicted molar refractivity (Wildman–Crippen MR) is 98.4 cm³/mol. The van der Waals surface area contributed by atoms with Crippen molar-refractivity contribution in [3.8, 4) is 0 Å². The summed E-state index contributed by atoms with van der Waals surface area (Å²) in [5.74, 6) is 2.78. The summed E-state index contributed by atoms with van der Waals surface area (Å²) >= 11 is 1.78. The summed E-state index contributed by atoms with van der Waals surface area (Å²) in [6.07, 6.45) is 6.34. The molecule has 4 N–H and O–H groups in total. The molecule has 1 aliphatic heterocycles. The Balaban J connectivity index is 1.79. The molecular weight excluding hydrogens is 326 g/mol. The van der Waals surface area contributed by atoms with E-state index >= 15 is 0 Å². The van der Waals surface area contributed by atoms with Crippen LogP contribution in [0.3, 0.4) is 0 Å². The second kappa shape index (κ2) is 10.1. The lowest BCUT2D eigenvalue weighted by Crippen LogP contribution is -2.51. The molecule has 2 rings (SSSR count). The monoisotopic (exact) mass is 353 g/mol. The van der Waals surface area contributed by atoms with Gasteiger partial charge >= 0.3 is 6.03 Å². The van der Waals surface area contributed by atoms with Crippen molar-refractivity contribution in [2.75, 3.05) is 38.2 Å². The van der Waals surface area contributed by atoms with Crippen molar-refractivity contribution in [1.82, 2.24) is 15.5 Å². The van der Waals surface area contributed by atoms with Crippen LogP contribution in [-0.4, -0.2) is 61.1 Å². The Bertz CT molecular complexity index is 513. The number of urea groups is 1. The summed E-state index contributed by atoms with van der Waals surface area (Å²) < 4.78 is 5.35. The summed E-state index contributed by atoms with van der Waals surface area (Å²) in [6.45, 7) is 2.92. The molecule has 1 aromatic heterocycles. The second-order valence-corrected chi connectivity index (χ2v) is 6.71. The molecule has 1 aliphatic rings. The minimum atomic E-state index is -0.334. The van der Waals surface area contributed by atoms with Crippen LogP contribution >= 0.6 is 11.8 Å². The fraction of sp³-hybridized carbons (Fsp3) is 0.625. The van der Waals surface area contributed by atoms with Crippen molar-refractivity contribution < 1.29 is 9.21 Å². The summed E-state index contributed by atoms with van der Waals surface area (Å²) in [5, 5.41) is 6.84. The van der Waals surface area contributed by atoms with Gasteiger partial charge in [0.25, 0.3) is 0 Å². The van der Waals surface area contributed by atoms with Crippen LogP contribution in [0.5, 0.6) is 0 Å². The Hall–Kier alpha value is -1.83. The van der Waals surface area contributed by atoms with Crippen molar-refractivity contribution >= 4 is 23.8 Å². The van der Waals surface area contributed by atoms with Gasteiger partial charge in [0.15, 0.2) is 5.96 Å². The number of carbonyl (C=O) groups is 1.